The lowest BCUT2D eigenvalue weighted by molar-refractivity contribution is -0.146. The van der Waals surface area contributed by atoms with Crippen molar-refractivity contribution in [2.75, 3.05) is 18.4 Å². The van der Waals surface area contributed by atoms with Crippen LogP contribution in [0.5, 0.6) is 0 Å². The number of nitrogens with zero attached hydrogens (tertiary/aromatic N) is 1. The lowest BCUT2D eigenvalue weighted by Crippen LogP contribution is -2.35. The third-order valence-corrected chi connectivity index (χ3v) is 4.51. The molecule has 0 spiro atoms. The Balaban J connectivity index is 2.13. The van der Waals surface area contributed by atoms with E-state index < -0.39 is 17.8 Å². The van der Waals surface area contributed by atoms with Crippen LogP contribution in [-0.4, -0.2) is 40.9 Å². The van der Waals surface area contributed by atoms with Crippen LogP contribution in [0.1, 0.15) is 37.0 Å². The minimum absolute atomic E-state index is 0.0925. The molecule has 0 bridgehead atoms. The van der Waals surface area contributed by atoms with Gasteiger partial charge in [-0.05, 0) is 44.9 Å². The second-order valence-corrected chi connectivity index (χ2v) is 6.04. The van der Waals surface area contributed by atoms with Gasteiger partial charge >= 0.3 is 5.97 Å². The Morgan fingerprint density at radius 2 is 1.76 bits per heavy atom. The number of rotatable bonds is 6. The van der Waals surface area contributed by atoms with Gasteiger partial charge in [0, 0.05) is 24.3 Å². The first kappa shape index (κ1) is 18.7. The zero-order valence-corrected chi connectivity index (χ0v) is 14.6. The Labute approximate surface area is 147 Å². The van der Waals surface area contributed by atoms with Gasteiger partial charge in [-0.3, -0.25) is 14.4 Å². The van der Waals surface area contributed by atoms with E-state index in [0.717, 1.165) is 0 Å². The Morgan fingerprint density at radius 1 is 1.12 bits per heavy atom. The van der Waals surface area contributed by atoms with Crippen molar-refractivity contribution in [3.63, 3.8) is 0 Å². The molecule has 0 saturated heterocycles. The number of amides is 2. The molecule has 2 atom stereocenters. The fourth-order valence-corrected chi connectivity index (χ4v) is 3.04. The quantitative estimate of drug-likeness (QED) is 0.777. The average molecular weight is 344 g/mol. The van der Waals surface area contributed by atoms with Crippen molar-refractivity contribution in [1.82, 2.24) is 4.90 Å². The molecule has 1 aromatic rings. The Kier molecular flexibility index (Phi) is 6.33. The fraction of sp³-hybridized carbons (Fsp3) is 0.421. The van der Waals surface area contributed by atoms with Gasteiger partial charge in [0.25, 0.3) is 5.91 Å². The van der Waals surface area contributed by atoms with E-state index in [1.165, 1.54) is 0 Å². The van der Waals surface area contributed by atoms with Crippen LogP contribution in [0.15, 0.2) is 36.4 Å². The molecule has 0 aliphatic heterocycles. The lowest BCUT2D eigenvalue weighted by Gasteiger charge is -2.24. The zero-order chi connectivity index (χ0) is 18.4. The predicted octanol–water partition coefficient (Wildman–Crippen LogP) is 2.77. The number of carboxylic acid groups (broad SMARTS) is 1. The summed E-state index contributed by atoms with van der Waals surface area (Å²) in [4.78, 5) is 38.0. The maximum absolute atomic E-state index is 12.5. The molecule has 6 heteroatoms. The highest BCUT2D eigenvalue weighted by Crippen LogP contribution is 2.27. The molecule has 0 radical (unpaired) electrons. The number of allylic oxidation sites excluding steroid dienone is 2. The molecule has 0 fully saturated rings. The van der Waals surface area contributed by atoms with E-state index >= 15 is 0 Å². The van der Waals surface area contributed by atoms with Gasteiger partial charge < -0.3 is 15.3 Å². The summed E-state index contributed by atoms with van der Waals surface area (Å²) in [6, 6.07) is 6.75. The van der Waals surface area contributed by atoms with Crippen molar-refractivity contribution in [2.24, 2.45) is 11.8 Å². The molecule has 25 heavy (non-hydrogen) atoms. The van der Waals surface area contributed by atoms with Crippen LogP contribution in [-0.2, 0) is 9.59 Å². The number of aliphatic carboxylic acids is 1. The smallest absolute Gasteiger partial charge is 0.307 e. The number of benzene rings is 1. The molecule has 0 unspecified atom stereocenters. The summed E-state index contributed by atoms with van der Waals surface area (Å²) in [5.74, 6) is -2.71. The van der Waals surface area contributed by atoms with Gasteiger partial charge in [0.2, 0.25) is 5.91 Å². The Bertz CT molecular complexity index is 680. The van der Waals surface area contributed by atoms with Gasteiger partial charge in [-0.2, -0.15) is 0 Å². The molecular formula is C19H24N2O4. The van der Waals surface area contributed by atoms with E-state index in [-0.39, 0.29) is 11.8 Å². The van der Waals surface area contributed by atoms with Crippen LogP contribution in [0.4, 0.5) is 5.69 Å². The fourth-order valence-electron chi connectivity index (χ4n) is 3.04. The maximum Gasteiger partial charge on any atom is 0.307 e. The molecule has 134 valence electrons. The summed E-state index contributed by atoms with van der Waals surface area (Å²) in [7, 11) is 0. The second-order valence-electron chi connectivity index (χ2n) is 6.04. The average Bonchev–Trinajstić information content (AvgIpc) is 2.62. The summed E-state index contributed by atoms with van der Waals surface area (Å²) in [6.07, 6.45) is 4.39. The first-order valence-electron chi connectivity index (χ1n) is 8.55. The predicted molar refractivity (Wildman–Crippen MR) is 95.3 cm³/mol. The molecule has 0 saturated carbocycles. The molecule has 0 heterocycles. The number of anilines is 1. The van der Waals surface area contributed by atoms with E-state index in [1.807, 2.05) is 19.9 Å². The molecule has 2 rings (SSSR count). The summed E-state index contributed by atoms with van der Waals surface area (Å²) in [5.41, 5.74) is 1.00. The summed E-state index contributed by atoms with van der Waals surface area (Å²) in [6.45, 7) is 5.05. The van der Waals surface area contributed by atoms with Crippen LogP contribution >= 0.6 is 0 Å². The largest absolute Gasteiger partial charge is 0.481 e. The van der Waals surface area contributed by atoms with Gasteiger partial charge in [0.05, 0.1) is 11.8 Å². The van der Waals surface area contributed by atoms with E-state index in [4.69, 9.17) is 0 Å². The zero-order valence-electron chi connectivity index (χ0n) is 14.6. The highest BCUT2D eigenvalue weighted by atomic mass is 16.4. The van der Waals surface area contributed by atoms with Crippen molar-refractivity contribution in [1.29, 1.82) is 0 Å². The minimum atomic E-state index is -0.963. The van der Waals surface area contributed by atoms with Crippen LogP contribution in [0.3, 0.4) is 0 Å². The maximum atomic E-state index is 12.5. The van der Waals surface area contributed by atoms with E-state index in [9.17, 15) is 19.5 Å². The van der Waals surface area contributed by atoms with Gasteiger partial charge in [0.1, 0.15) is 0 Å². The molecule has 6 nitrogen and oxygen atoms in total. The monoisotopic (exact) mass is 344 g/mol. The topological polar surface area (TPSA) is 86.7 Å². The standard InChI is InChI=1S/C19H24N2O4/c1-3-21(4-2)18(23)13-8-7-9-14(12-13)20-17(22)15-10-5-6-11-16(15)19(24)25/h5-9,12,15-16H,3-4,10-11H2,1-2H3,(H,20,22)(H,24,25)/t15-,16+/m0/s1. The molecular weight excluding hydrogens is 320 g/mol. The van der Waals surface area contributed by atoms with E-state index in [1.54, 1.807) is 35.2 Å². The lowest BCUT2D eigenvalue weighted by atomic mass is 9.82. The van der Waals surface area contributed by atoms with Gasteiger partial charge in [-0.15, -0.1) is 0 Å². The SMILES string of the molecule is CCN(CC)C(=O)c1cccc(NC(=O)[C@H]2CC=CC[C@H]2C(=O)O)c1. The number of hydrogen-bond acceptors (Lipinski definition) is 3. The Morgan fingerprint density at radius 3 is 2.36 bits per heavy atom. The third-order valence-electron chi connectivity index (χ3n) is 4.51. The van der Waals surface area contributed by atoms with Gasteiger partial charge in [-0.1, -0.05) is 18.2 Å². The van der Waals surface area contributed by atoms with Crippen LogP contribution in [0, 0.1) is 11.8 Å². The molecule has 2 amide bonds. The van der Waals surface area contributed by atoms with Gasteiger partial charge in [0.15, 0.2) is 0 Å². The summed E-state index contributed by atoms with van der Waals surface area (Å²) in [5, 5.41) is 12.1. The molecule has 0 aromatic heterocycles. The van der Waals surface area contributed by atoms with Crippen molar-refractivity contribution in [2.45, 2.75) is 26.7 Å². The normalized spacial score (nSPS) is 19.3. The highest BCUT2D eigenvalue weighted by molar-refractivity contribution is 5.98. The van der Waals surface area contributed by atoms with E-state index in [2.05, 4.69) is 5.32 Å². The number of carboxylic acids is 1. The first-order valence-corrected chi connectivity index (χ1v) is 8.55. The van der Waals surface area contributed by atoms with E-state index in [0.29, 0.717) is 37.2 Å². The highest BCUT2D eigenvalue weighted by Gasteiger charge is 2.34. The number of hydrogen-bond donors (Lipinski definition) is 2. The van der Waals surface area contributed by atoms with Crippen molar-refractivity contribution < 1.29 is 19.5 Å². The number of carbonyl (C=O) groups excluding carboxylic acids is 2. The van der Waals surface area contributed by atoms with Gasteiger partial charge in [-0.25, -0.2) is 0 Å². The van der Waals surface area contributed by atoms with Crippen LogP contribution < -0.4 is 5.32 Å². The molecule has 2 N–H and O–H groups in total. The van der Waals surface area contributed by atoms with Crippen molar-refractivity contribution in [3.8, 4) is 0 Å². The Hall–Kier alpha value is -2.63. The van der Waals surface area contributed by atoms with Crippen LogP contribution in [0.2, 0.25) is 0 Å². The number of carbonyl (C=O) groups is 3. The number of nitrogens with one attached hydrogen (secondary N) is 1. The van der Waals surface area contributed by atoms with Crippen molar-refractivity contribution >= 4 is 23.5 Å². The second kappa shape index (κ2) is 8.46. The molecule has 1 aromatic carbocycles. The first-order chi connectivity index (χ1) is 12.0. The summed E-state index contributed by atoms with van der Waals surface area (Å²) < 4.78 is 0. The third kappa shape index (κ3) is 4.47. The molecule has 1 aliphatic rings. The minimum Gasteiger partial charge on any atom is -0.481 e. The van der Waals surface area contributed by atoms with Crippen LogP contribution in [0.25, 0.3) is 0 Å². The summed E-state index contributed by atoms with van der Waals surface area (Å²) >= 11 is 0. The van der Waals surface area contributed by atoms with Crippen molar-refractivity contribution in [3.05, 3.63) is 42.0 Å². The molecule has 1 aliphatic carbocycles.